The molecule has 0 amide bonds. The fraction of sp³-hybridized carbons (Fsp3) is 0.0667. The van der Waals surface area contributed by atoms with E-state index in [1.165, 1.54) is 0 Å². The normalized spacial score (nSPS) is 10.9. The van der Waals surface area contributed by atoms with Gasteiger partial charge in [0.15, 0.2) is 0 Å². The molecule has 0 bridgehead atoms. The summed E-state index contributed by atoms with van der Waals surface area (Å²) < 4.78 is 2.91. The third-order valence-electron chi connectivity index (χ3n) is 3.29. The van der Waals surface area contributed by atoms with Gasteiger partial charge in [-0.25, -0.2) is 9.78 Å². The molecule has 0 aliphatic rings. The molecule has 100 valence electrons. The number of aromatic carboxylic acids is 1. The van der Waals surface area contributed by atoms with E-state index in [1.807, 2.05) is 29.7 Å². The first-order chi connectivity index (χ1) is 9.58. The maximum Gasteiger partial charge on any atom is 0.335 e. The molecular formula is C15H11BrN2O2. The second-order valence-corrected chi connectivity index (χ2v) is 5.36. The minimum absolute atomic E-state index is 0.256. The summed E-state index contributed by atoms with van der Waals surface area (Å²) in [6.45, 7) is 2.01. The number of fused-ring (bicyclic) bond motifs is 1. The van der Waals surface area contributed by atoms with Crippen molar-refractivity contribution in [1.29, 1.82) is 0 Å². The van der Waals surface area contributed by atoms with Gasteiger partial charge in [-0.3, -0.25) is 4.57 Å². The van der Waals surface area contributed by atoms with E-state index >= 15 is 0 Å². The summed E-state index contributed by atoms with van der Waals surface area (Å²) in [5, 5.41) is 9.10. The summed E-state index contributed by atoms with van der Waals surface area (Å²) in [5.41, 5.74) is 3.87. The second-order valence-electron chi connectivity index (χ2n) is 4.51. The van der Waals surface area contributed by atoms with Crippen molar-refractivity contribution in [2.24, 2.45) is 0 Å². The van der Waals surface area contributed by atoms with Crippen LogP contribution >= 0.6 is 15.9 Å². The smallest absolute Gasteiger partial charge is 0.335 e. The van der Waals surface area contributed by atoms with Gasteiger partial charge in [0.25, 0.3) is 0 Å². The summed E-state index contributed by atoms with van der Waals surface area (Å²) in [6, 6.07) is 10.8. The van der Waals surface area contributed by atoms with Crippen LogP contribution in [0.3, 0.4) is 0 Å². The molecule has 3 aromatic rings. The zero-order valence-electron chi connectivity index (χ0n) is 10.7. The number of halogens is 1. The molecule has 0 atom stereocenters. The molecule has 0 fully saturated rings. The van der Waals surface area contributed by atoms with E-state index in [4.69, 9.17) is 5.11 Å². The number of carboxylic acid groups (broad SMARTS) is 1. The first-order valence-electron chi connectivity index (χ1n) is 6.04. The summed E-state index contributed by atoms with van der Waals surface area (Å²) >= 11 is 3.51. The number of benzene rings is 2. The SMILES string of the molecule is Cc1c(Br)cccc1-n1cnc2ccc(C(=O)O)cc21. The summed E-state index contributed by atoms with van der Waals surface area (Å²) in [6.07, 6.45) is 1.71. The first kappa shape index (κ1) is 12.9. The van der Waals surface area contributed by atoms with E-state index in [1.54, 1.807) is 24.5 Å². The Morgan fingerprint density at radius 2 is 2.10 bits per heavy atom. The third kappa shape index (κ3) is 2.00. The average molecular weight is 331 g/mol. The Labute approximate surface area is 123 Å². The standard InChI is InChI=1S/C15H11BrN2O2/c1-9-11(16)3-2-4-13(9)18-8-17-12-6-5-10(15(19)20)7-14(12)18/h2-8H,1H3,(H,19,20). The van der Waals surface area contributed by atoms with Crippen LogP contribution in [0.1, 0.15) is 15.9 Å². The van der Waals surface area contributed by atoms with Gasteiger partial charge in [0.05, 0.1) is 22.3 Å². The van der Waals surface area contributed by atoms with Crippen molar-refractivity contribution < 1.29 is 9.90 Å². The molecule has 1 N–H and O–H groups in total. The number of nitrogens with zero attached hydrogens (tertiary/aromatic N) is 2. The lowest BCUT2D eigenvalue weighted by Crippen LogP contribution is -1.99. The molecule has 5 heteroatoms. The Bertz CT molecular complexity index is 824. The number of rotatable bonds is 2. The molecule has 1 heterocycles. The van der Waals surface area contributed by atoms with Crippen molar-refractivity contribution in [2.75, 3.05) is 0 Å². The Morgan fingerprint density at radius 3 is 2.85 bits per heavy atom. The predicted octanol–water partition coefficient (Wildman–Crippen LogP) is 3.79. The van der Waals surface area contributed by atoms with Gasteiger partial charge < -0.3 is 5.11 Å². The van der Waals surface area contributed by atoms with Crippen LogP contribution in [0.5, 0.6) is 0 Å². The second kappa shape index (κ2) is 4.76. The molecule has 0 unspecified atom stereocenters. The molecule has 20 heavy (non-hydrogen) atoms. The van der Waals surface area contributed by atoms with E-state index < -0.39 is 5.97 Å². The highest BCUT2D eigenvalue weighted by atomic mass is 79.9. The van der Waals surface area contributed by atoms with Crippen LogP contribution in [0, 0.1) is 6.92 Å². The number of imidazole rings is 1. The molecule has 0 saturated carbocycles. The number of hydrogen-bond donors (Lipinski definition) is 1. The average Bonchev–Trinajstić information content (AvgIpc) is 2.84. The number of carbonyl (C=O) groups is 1. The Hall–Kier alpha value is -2.14. The highest BCUT2D eigenvalue weighted by molar-refractivity contribution is 9.10. The van der Waals surface area contributed by atoms with Crippen molar-refractivity contribution in [2.45, 2.75) is 6.92 Å². The van der Waals surface area contributed by atoms with E-state index in [-0.39, 0.29) is 5.56 Å². The van der Waals surface area contributed by atoms with Crippen molar-refractivity contribution in [3.8, 4) is 5.69 Å². The number of carboxylic acids is 1. The molecule has 1 aromatic heterocycles. The molecule has 3 rings (SSSR count). The highest BCUT2D eigenvalue weighted by Crippen LogP contribution is 2.26. The lowest BCUT2D eigenvalue weighted by molar-refractivity contribution is 0.0697. The van der Waals surface area contributed by atoms with Crippen molar-refractivity contribution in [1.82, 2.24) is 9.55 Å². The van der Waals surface area contributed by atoms with Crippen LogP contribution in [-0.4, -0.2) is 20.6 Å². The molecular weight excluding hydrogens is 320 g/mol. The van der Waals surface area contributed by atoms with Crippen LogP contribution in [0.15, 0.2) is 47.2 Å². The minimum Gasteiger partial charge on any atom is -0.478 e. The Balaban J connectivity index is 2.28. The van der Waals surface area contributed by atoms with Crippen LogP contribution in [-0.2, 0) is 0 Å². The summed E-state index contributed by atoms with van der Waals surface area (Å²) in [4.78, 5) is 15.4. The van der Waals surface area contributed by atoms with E-state index in [0.29, 0.717) is 0 Å². The number of aromatic nitrogens is 2. The zero-order chi connectivity index (χ0) is 14.3. The van der Waals surface area contributed by atoms with E-state index in [2.05, 4.69) is 20.9 Å². The van der Waals surface area contributed by atoms with Gasteiger partial charge >= 0.3 is 5.97 Å². The molecule has 0 aliphatic carbocycles. The van der Waals surface area contributed by atoms with E-state index in [9.17, 15) is 4.79 Å². The maximum absolute atomic E-state index is 11.1. The third-order valence-corrected chi connectivity index (χ3v) is 4.15. The molecule has 0 spiro atoms. The highest BCUT2D eigenvalue weighted by Gasteiger charge is 2.11. The molecule has 2 aromatic carbocycles. The summed E-state index contributed by atoms with van der Waals surface area (Å²) in [7, 11) is 0. The maximum atomic E-state index is 11.1. The van der Waals surface area contributed by atoms with Crippen molar-refractivity contribution >= 4 is 32.9 Å². The van der Waals surface area contributed by atoms with E-state index in [0.717, 1.165) is 26.8 Å². The van der Waals surface area contributed by atoms with Crippen molar-refractivity contribution in [3.05, 3.63) is 58.3 Å². The van der Waals surface area contributed by atoms with Gasteiger partial charge in [-0.15, -0.1) is 0 Å². The van der Waals surface area contributed by atoms with Crippen molar-refractivity contribution in [3.63, 3.8) is 0 Å². The lowest BCUT2D eigenvalue weighted by Gasteiger charge is -2.09. The molecule has 4 nitrogen and oxygen atoms in total. The monoisotopic (exact) mass is 330 g/mol. The first-order valence-corrected chi connectivity index (χ1v) is 6.83. The quantitative estimate of drug-likeness (QED) is 0.777. The van der Waals surface area contributed by atoms with Gasteiger partial charge in [0.1, 0.15) is 6.33 Å². The van der Waals surface area contributed by atoms with Gasteiger partial charge in [-0.1, -0.05) is 22.0 Å². The predicted molar refractivity (Wildman–Crippen MR) is 80.5 cm³/mol. The van der Waals surface area contributed by atoms with Crippen LogP contribution in [0.4, 0.5) is 0 Å². The summed E-state index contributed by atoms with van der Waals surface area (Å²) in [5.74, 6) is -0.939. The fourth-order valence-corrected chi connectivity index (χ4v) is 2.55. The molecule has 0 radical (unpaired) electrons. The molecule has 0 aliphatic heterocycles. The van der Waals surface area contributed by atoms with Crippen LogP contribution in [0.2, 0.25) is 0 Å². The molecule has 0 saturated heterocycles. The largest absolute Gasteiger partial charge is 0.478 e. The van der Waals surface area contributed by atoms with Gasteiger partial charge in [-0.2, -0.15) is 0 Å². The van der Waals surface area contributed by atoms with Gasteiger partial charge in [-0.05, 0) is 42.8 Å². The van der Waals surface area contributed by atoms with Crippen LogP contribution < -0.4 is 0 Å². The zero-order valence-corrected chi connectivity index (χ0v) is 12.3. The topological polar surface area (TPSA) is 55.1 Å². The fourth-order valence-electron chi connectivity index (χ4n) is 2.19. The van der Waals surface area contributed by atoms with Gasteiger partial charge in [0.2, 0.25) is 0 Å². The number of hydrogen-bond acceptors (Lipinski definition) is 2. The lowest BCUT2D eigenvalue weighted by atomic mass is 10.1. The van der Waals surface area contributed by atoms with Crippen LogP contribution in [0.25, 0.3) is 16.7 Å². The Morgan fingerprint density at radius 1 is 1.30 bits per heavy atom. The Kier molecular flexibility index (Phi) is 3.06. The minimum atomic E-state index is -0.939. The van der Waals surface area contributed by atoms with Gasteiger partial charge in [0, 0.05) is 4.47 Å².